The third-order valence-corrected chi connectivity index (χ3v) is 13.5. The molecule has 4 aromatic rings. The molecule has 18 nitrogen and oxygen atoms in total. The van der Waals surface area contributed by atoms with Gasteiger partial charge in [0.05, 0.1) is 49.6 Å². The number of nitrogens with one attached hydrogen (secondary N) is 3. The molecule has 0 spiro atoms. The van der Waals surface area contributed by atoms with Crippen LogP contribution in [0.15, 0.2) is 67.0 Å². The Morgan fingerprint density at radius 1 is 0.861 bits per heavy atom. The molecule has 0 radical (unpaired) electrons. The maximum absolute atomic E-state index is 16.1. The summed E-state index contributed by atoms with van der Waals surface area (Å²) in [4.78, 5) is 61.3. The number of amides is 4. The number of alkyl carbamates (subject to hydrolysis) is 1. The highest BCUT2D eigenvalue weighted by Gasteiger charge is 2.58. The predicted molar refractivity (Wildman–Crippen MR) is 262 cm³/mol. The number of benzene rings is 2. The number of ether oxygens (including phenoxy) is 3. The van der Waals surface area contributed by atoms with E-state index in [1.165, 1.54) is 30.3 Å². The highest BCUT2D eigenvalue weighted by atomic mass is 19.4. The minimum Gasteiger partial charge on any atom is -0.453 e. The number of methoxy groups -OCH3 is 1. The molecular weight excluding hydrogens is 1070 g/mol. The average molecular weight is 1130 g/mol. The van der Waals surface area contributed by atoms with E-state index in [1.54, 1.807) is 17.6 Å². The number of aromatic nitrogens is 3. The lowest BCUT2D eigenvalue weighted by Crippen LogP contribution is -2.62. The lowest BCUT2D eigenvalue weighted by molar-refractivity contribution is -0.238. The molecule has 2 aromatic carbocycles. The first kappa shape index (κ1) is 61.0. The summed E-state index contributed by atoms with van der Waals surface area (Å²) >= 11 is 0. The van der Waals surface area contributed by atoms with Crippen LogP contribution in [0.1, 0.15) is 49.9 Å². The number of carbonyl (C=O) groups excluding carboxylic acids is 4. The van der Waals surface area contributed by atoms with Crippen LogP contribution in [0.4, 0.5) is 59.3 Å². The average Bonchev–Trinajstić information content (AvgIpc) is 3.86. The Bertz CT molecular complexity index is 2810. The molecule has 2 aromatic heterocycles. The number of aliphatic hydroxyl groups excluding tert-OH is 1. The Balaban J connectivity index is 1.31. The van der Waals surface area contributed by atoms with Gasteiger partial charge in [0, 0.05) is 73.9 Å². The number of hydrazine groups is 1. The molecule has 6 N–H and O–H groups in total. The van der Waals surface area contributed by atoms with Gasteiger partial charge < -0.3 is 40.6 Å². The van der Waals surface area contributed by atoms with E-state index < -0.39 is 121 Å². The molecule has 2 aliphatic heterocycles. The van der Waals surface area contributed by atoms with Gasteiger partial charge in [-0.1, -0.05) is 24.0 Å². The third kappa shape index (κ3) is 15.5. The van der Waals surface area contributed by atoms with Gasteiger partial charge in [0.25, 0.3) is 18.2 Å². The van der Waals surface area contributed by atoms with Crippen LogP contribution < -0.4 is 26.7 Å². The van der Waals surface area contributed by atoms with Crippen molar-refractivity contribution in [2.24, 2.45) is 16.6 Å². The monoisotopic (exact) mass is 1130 g/mol. The van der Waals surface area contributed by atoms with E-state index in [1.807, 2.05) is 11.5 Å². The van der Waals surface area contributed by atoms with Crippen molar-refractivity contribution in [2.75, 3.05) is 57.9 Å². The van der Waals surface area contributed by atoms with E-state index >= 15 is 8.78 Å². The first-order valence-corrected chi connectivity index (χ1v) is 24.4. The number of nitrogens with zero attached hydrogens (tertiary/aromatic N) is 6. The summed E-state index contributed by atoms with van der Waals surface area (Å²) in [6.07, 6.45) is -19.3. The number of pyridine rings is 1. The fraction of sp³-hybridized carbons (Fsp3) is 0.490. The second kappa shape index (κ2) is 25.3. The van der Waals surface area contributed by atoms with Crippen LogP contribution in [0.5, 0.6) is 0 Å². The van der Waals surface area contributed by atoms with Crippen molar-refractivity contribution in [1.29, 1.82) is 0 Å². The summed E-state index contributed by atoms with van der Waals surface area (Å²) in [5.74, 6) is 0.623. The number of aliphatic hydroxyl groups is 1. The van der Waals surface area contributed by atoms with Crippen molar-refractivity contribution in [3.8, 4) is 23.1 Å². The lowest BCUT2D eigenvalue weighted by Gasteiger charge is -2.42. The maximum Gasteiger partial charge on any atom is 0.407 e. The molecule has 0 saturated carbocycles. The Morgan fingerprint density at radius 2 is 1.47 bits per heavy atom. The second-order valence-electron chi connectivity index (χ2n) is 19.9. The molecular formula is C51H58F10N10O8. The zero-order valence-electron chi connectivity index (χ0n) is 43.2. The van der Waals surface area contributed by atoms with Gasteiger partial charge in [0.2, 0.25) is 0 Å². The van der Waals surface area contributed by atoms with Crippen molar-refractivity contribution >= 4 is 29.8 Å². The van der Waals surface area contributed by atoms with Crippen LogP contribution in [0.2, 0.25) is 0 Å². The second-order valence-corrected chi connectivity index (χ2v) is 19.9. The van der Waals surface area contributed by atoms with Crippen LogP contribution in [0.3, 0.4) is 0 Å². The van der Waals surface area contributed by atoms with E-state index in [-0.39, 0.29) is 16.8 Å². The number of alkyl halides is 8. The zero-order valence-corrected chi connectivity index (χ0v) is 43.2. The molecule has 4 atom stereocenters. The van der Waals surface area contributed by atoms with E-state index in [2.05, 4.69) is 46.5 Å². The van der Waals surface area contributed by atoms with Crippen LogP contribution in [-0.2, 0) is 43.3 Å². The summed E-state index contributed by atoms with van der Waals surface area (Å²) in [7, 11) is 0.781. The van der Waals surface area contributed by atoms with Crippen molar-refractivity contribution in [3.05, 3.63) is 101 Å². The van der Waals surface area contributed by atoms with E-state index in [9.17, 15) is 59.4 Å². The minimum absolute atomic E-state index is 0.162. The molecule has 0 aliphatic carbocycles. The molecule has 4 heterocycles. The SMILES string of the molecule is COC(=O)NC(C(=O)NN(Cc1c(F)cc(-c2ccn(CC(F)F)n2)cc1F)CC(O)C(Cc1ccc(C#Cc2ccc(N3CCN(C4COC4)CC3)nc2)cc1)NC(=O)C(OC(N)=O)C(C)(C)C(F)(F)F)C(C)(C)C(F)(F)F. The molecule has 430 valence electrons. The van der Waals surface area contributed by atoms with E-state index in [4.69, 9.17) is 10.5 Å². The Labute approximate surface area is 446 Å². The van der Waals surface area contributed by atoms with Gasteiger partial charge in [-0.2, -0.15) is 31.4 Å². The molecule has 6 rings (SSSR count). The zero-order chi connectivity index (χ0) is 58.2. The van der Waals surface area contributed by atoms with Gasteiger partial charge in [0.1, 0.15) is 35.5 Å². The largest absolute Gasteiger partial charge is 0.453 e. The number of anilines is 1. The number of rotatable bonds is 20. The molecule has 0 bridgehead atoms. The molecule has 2 aliphatic rings. The molecule has 4 unspecified atom stereocenters. The fourth-order valence-electron chi connectivity index (χ4n) is 8.34. The number of primary amides is 1. The lowest BCUT2D eigenvalue weighted by atomic mass is 9.83. The van der Waals surface area contributed by atoms with Gasteiger partial charge in [-0.15, -0.1) is 0 Å². The Hall–Kier alpha value is -7.22. The summed E-state index contributed by atoms with van der Waals surface area (Å²) in [6.45, 7) is 3.73. The smallest absolute Gasteiger partial charge is 0.407 e. The fourth-order valence-corrected chi connectivity index (χ4v) is 8.34. The van der Waals surface area contributed by atoms with Gasteiger partial charge in [-0.3, -0.25) is 24.6 Å². The van der Waals surface area contributed by atoms with Gasteiger partial charge in [-0.25, -0.2) is 37.1 Å². The molecule has 4 amide bonds. The van der Waals surface area contributed by atoms with Crippen LogP contribution in [0.25, 0.3) is 11.3 Å². The van der Waals surface area contributed by atoms with Crippen molar-refractivity contribution in [3.63, 3.8) is 0 Å². The number of piperazine rings is 1. The third-order valence-electron chi connectivity index (χ3n) is 13.5. The van der Waals surface area contributed by atoms with Gasteiger partial charge in [-0.05, 0) is 82.1 Å². The summed E-state index contributed by atoms with van der Waals surface area (Å²) in [5.41, 5.74) is 0.762. The quantitative estimate of drug-likeness (QED) is 0.0409. The van der Waals surface area contributed by atoms with Crippen LogP contribution in [0, 0.1) is 34.3 Å². The van der Waals surface area contributed by atoms with Crippen molar-refractivity contribution in [2.45, 2.75) is 96.3 Å². The molecule has 28 heteroatoms. The van der Waals surface area contributed by atoms with Crippen LogP contribution in [-0.4, -0.2) is 156 Å². The number of halogens is 10. The first-order valence-electron chi connectivity index (χ1n) is 24.4. The molecule has 2 fully saturated rings. The molecule has 2 saturated heterocycles. The topological polar surface area (TPSA) is 219 Å². The maximum atomic E-state index is 16.1. The van der Waals surface area contributed by atoms with E-state index in [0.29, 0.717) is 49.9 Å². The Kier molecular flexibility index (Phi) is 19.5. The Morgan fingerprint density at radius 3 is 2.00 bits per heavy atom. The van der Waals surface area contributed by atoms with Crippen molar-refractivity contribution < 1.29 is 82.4 Å². The standard InChI is InChI=1S/C51H58F10N10O8/c1-48(2,50(56,57)58)42(65-47(76)77-5)44(73)67-71(24-34-35(52)21-32(22-36(34)53)37-14-15-70(66-37)26-40(54)55)25-39(72)38(64-45(74)43(79-46(62)75)49(3,4)51(59,60)61)20-30-9-6-29(7-10-30)8-11-31-12-13-41(63-23-31)69-18-16-68(17-19-69)33-27-78-28-33/h6-7,9-10,12-15,21-23,33,38-40,42-43,72H,16-20,24-28H2,1-5H3,(H2,62,75)(H,64,74)(H,65,76)(H,67,73). The minimum atomic E-state index is -5.23. The van der Waals surface area contributed by atoms with Crippen LogP contribution >= 0.6 is 0 Å². The highest BCUT2D eigenvalue weighted by molar-refractivity contribution is 5.86. The van der Waals surface area contributed by atoms with Crippen molar-refractivity contribution in [1.82, 2.24) is 40.7 Å². The number of nitrogens with two attached hydrogens (primary N) is 1. The first-order chi connectivity index (χ1) is 37.0. The van der Waals surface area contributed by atoms with E-state index in [0.717, 1.165) is 75.3 Å². The van der Waals surface area contributed by atoms with Gasteiger partial charge >= 0.3 is 24.5 Å². The summed E-state index contributed by atoms with van der Waals surface area (Å²) in [6, 6.07) is 8.31. The number of hydrogen-bond acceptors (Lipinski definition) is 13. The number of carbonyl (C=O) groups is 4. The van der Waals surface area contributed by atoms with Gasteiger partial charge in [0.15, 0.2) is 6.10 Å². The predicted octanol–water partition coefficient (Wildman–Crippen LogP) is 5.70. The summed E-state index contributed by atoms with van der Waals surface area (Å²) < 4.78 is 160. The highest BCUT2D eigenvalue weighted by Crippen LogP contribution is 2.42. The normalized spacial score (nSPS) is 16.3. The number of hydrogen-bond donors (Lipinski definition) is 5. The molecule has 79 heavy (non-hydrogen) atoms. The summed E-state index contributed by atoms with van der Waals surface area (Å²) in [5, 5.41) is 20.4.